The molecule has 3 nitrogen and oxygen atoms in total. The van der Waals surface area contributed by atoms with Crippen molar-refractivity contribution in [2.24, 2.45) is 7.05 Å². The normalized spacial score (nSPS) is 11.4. The van der Waals surface area contributed by atoms with Crippen LogP contribution in [0.5, 0.6) is 0 Å². The Morgan fingerprint density at radius 3 is 1.79 bits per heavy atom. The van der Waals surface area contributed by atoms with E-state index in [1.165, 1.54) is 44.6 Å². The van der Waals surface area contributed by atoms with Crippen molar-refractivity contribution in [2.45, 2.75) is 46.5 Å². The predicted molar refractivity (Wildman–Crippen MR) is 178 cm³/mol. The number of nitrogens with zero attached hydrogens (tertiary/aromatic N) is 3. The number of imidazole rings is 1. The van der Waals surface area contributed by atoms with Crippen molar-refractivity contribution >= 4 is 11.0 Å². The lowest BCUT2D eigenvalue weighted by Gasteiger charge is -2.21. The average Bonchev–Trinajstić information content (AvgIpc) is 3.32. The maximum Gasteiger partial charge on any atom is 0.295 e. The summed E-state index contributed by atoms with van der Waals surface area (Å²) < 4.78 is 4.63. The lowest BCUT2D eigenvalue weighted by atomic mass is 9.87. The first kappa shape index (κ1) is 28.2. The van der Waals surface area contributed by atoms with E-state index in [0.717, 1.165) is 22.4 Å². The molecule has 1 heterocycles. The van der Waals surface area contributed by atoms with Gasteiger partial charge in [-0.2, -0.15) is 9.83 Å². The molecule has 6 rings (SSSR count). The molecule has 5 aromatic carbocycles. The van der Waals surface area contributed by atoms with Gasteiger partial charge in [0.15, 0.2) is 11.0 Å². The summed E-state index contributed by atoms with van der Waals surface area (Å²) in [5.74, 6) is 1.61. The highest BCUT2D eigenvalue weighted by molar-refractivity contribution is 5.83. The van der Waals surface area contributed by atoms with Gasteiger partial charge in [0.1, 0.15) is 17.3 Å². The Morgan fingerprint density at radius 1 is 0.651 bits per heavy atom. The number of rotatable bonds is 6. The monoisotopic (exact) mass is 560 g/mol. The van der Waals surface area contributed by atoms with Crippen LogP contribution in [0.25, 0.3) is 50.4 Å². The molecule has 0 aliphatic heterocycles. The van der Waals surface area contributed by atoms with Crippen molar-refractivity contribution in [1.29, 1.82) is 5.26 Å². The number of para-hydroxylation sites is 1. The number of fused-ring (bicyclic) bond motifs is 1. The molecular weight excluding hydrogens is 522 g/mol. The summed E-state index contributed by atoms with van der Waals surface area (Å²) in [5.41, 5.74) is 13.6. The van der Waals surface area contributed by atoms with Crippen LogP contribution in [-0.2, 0) is 7.05 Å². The Kier molecular flexibility index (Phi) is 7.46. The number of aryl methyl sites for hydroxylation is 2. The van der Waals surface area contributed by atoms with Gasteiger partial charge in [0, 0.05) is 11.1 Å². The minimum absolute atomic E-state index is 0.262. The molecule has 0 atom stereocenters. The largest absolute Gasteiger partial charge is 0.295 e. The summed E-state index contributed by atoms with van der Waals surface area (Å²) in [5, 5.41) is 10.3. The second-order valence-electron chi connectivity index (χ2n) is 12.1. The summed E-state index contributed by atoms with van der Waals surface area (Å²) in [6.45, 7) is 11.3. The fourth-order valence-corrected chi connectivity index (χ4v) is 6.31. The van der Waals surface area contributed by atoms with Crippen molar-refractivity contribution in [3.05, 3.63) is 131 Å². The van der Waals surface area contributed by atoms with Gasteiger partial charge in [-0.3, -0.25) is 0 Å². The summed E-state index contributed by atoms with van der Waals surface area (Å²) in [6, 6.07) is 41.3. The molecule has 1 aromatic heterocycles. The van der Waals surface area contributed by atoms with Crippen LogP contribution in [0.3, 0.4) is 0 Å². The number of hydrogen-bond acceptors (Lipinski definition) is 1. The molecule has 0 bridgehead atoms. The molecule has 0 aliphatic carbocycles. The molecule has 0 N–H and O–H groups in total. The summed E-state index contributed by atoms with van der Waals surface area (Å²) in [7, 11) is 2.12. The van der Waals surface area contributed by atoms with Crippen molar-refractivity contribution in [3.8, 4) is 45.4 Å². The van der Waals surface area contributed by atoms with Crippen LogP contribution >= 0.6 is 0 Å². The summed E-state index contributed by atoms with van der Waals surface area (Å²) in [6.07, 6.45) is 0. The number of benzene rings is 5. The SMILES string of the molecule is Cc1ccccc1-c1n(C)c2cccc(C#N)c2[n+]1-c1c(C(C)C)cc(-c2ccc(-c3ccccc3)cc2)cc1C(C)C. The van der Waals surface area contributed by atoms with Gasteiger partial charge in [-0.05, 0) is 76.9 Å². The van der Waals surface area contributed by atoms with Gasteiger partial charge in [-0.15, -0.1) is 0 Å². The predicted octanol–water partition coefficient (Wildman–Crippen LogP) is 9.88. The molecule has 6 aromatic rings. The first-order chi connectivity index (χ1) is 20.8. The third-order valence-corrected chi connectivity index (χ3v) is 8.60. The van der Waals surface area contributed by atoms with E-state index in [1.54, 1.807) is 0 Å². The number of hydrogen-bond donors (Lipinski definition) is 0. The molecule has 0 saturated carbocycles. The highest BCUT2D eigenvalue weighted by atomic mass is 15.2. The van der Waals surface area contributed by atoms with Crippen molar-refractivity contribution < 1.29 is 4.57 Å². The molecule has 0 fully saturated rings. The standard InChI is InChI=1S/C40H38N3/c1-26(2)35-23-33(31-21-19-30(20-22-31)29-14-8-7-9-15-29)24-36(27(3)4)39(35)43-38-32(25-41)16-12-18-37(38)42(6)40(43)34-17-11-10-13-28(34)5/h7-24,26-27H,1-6H3/q+1. The summed E-state index contributed by atoms with van der Waals surface area (Å²) >= 11 is 0. The minimum Gasteiger partial charge on any atom is -0.225 e. The number of aromatic nitrogens is 2. The Bertz CT molecular complexity index is 1960. The lowest BCUT2D eigenvalue weighted by Crippen LogP contribution is -2.37. The molecule has 212 valence electrons. The quantitative estimate of drug-likeness (QED) is 0.187. The van der Waals surface area contributed by atoms with E-state index >= 15 is 0 Å². The molecule has 0 spiro atoms. The van der Waals surface area contributed by atoms with Crippen LogP contribution in [0.15, 0.2) is 109 Å². The summed E-state index contributed by atoms with van der Waals surface area (Å²) in [4.78, 5) is 0. The molecule has 0 aliphatic rings. The van der Waals surface area contributed by atoms with Gasteiger partial charge < -0.3 is 0 Å². The van der Waals surface area contributed by atoms with Gasteiger partial charge >= 0.3 is 0 Å². The first-order valence-electron chi connectivity index (χ1n) is 15.1. The maximum absolute atomic E-state index is 10.3. The highest BCUT2D eigenvalue weighted by Gasteiger charge is 2.33. The van der Waals surface area contributed by atoms with Crippen LogP contribution < -0.4 is 4.57 Å². The van der Waals surface area contributed by atoms with Gasteiger partial charge in [-0.1, -0.05) is 107 Å². The van der Waals surface area contributed by atoms with E-state index in [-0.39, 0.29) is 11.8 Å². The van der Waals surface area contributed by atoms with Crippen LogP contribution in [0, 0.1) is 18.3 Å². The zero-order valence-corrected chi connectivity index (χ0v) is 25.9. The fourth-order valence-electron chi connectivity index (χ4n) is 6.31. The van der Waals surface area contributed by atoms with Crippen LogP contribution in [0.4, 0.5) is 0 Å². The Labute approximate surface area is 255 Å². The molecule has 0 unspecified atom stereocenters. The Hall–Kier alpha value is -4.94. The third kappa shape index (κ3) is 4.94. The van der Waals surface area contributed by atoms with Crippen LogP contribution in [0.2, 0.25) is 0 Å². The van der Waals surface area contributed by atoms with Gasteiger partial charge in [0.2, 0.25) is 0 Å². The van der Waals surface area contributed by atoms with Crippen molar-refractivity contribution in [1.82, 2.24) is 4.57 Å². The zero-order valence-electron chi connectivity index (χ0n) is 25.9. The molecule has 0 radical (unpaired) electrons. The molecule has 43 heavy (non-hydrogen) atoms. The first-order valence-corrected chi connectivity index (χ1v) is 15.1. The second kappa shape index (κ2) is 11.4. The molecule has 0 amide bonds. The van der Waals surface area contributed by atoms with E-state index in [0.29, 0.717) is 5.56 Å². The topological polar surface area (TPSA) is 32.6 Å². The van der Waals surface area contributed by atoms with Crippen LogP contribution in [-0.4, -0.2) is 4.57 Å². The fraction of sp³-hybridized carbons (Fsp3) is 0.200. The van der Waals surface area contributed by atoms with E-state index in [9.17, 15) is 5.26 Å². The molecule has 0 saturated heterocycles. The minimum atomic E-state index is 0.262. The average molecular weight is 561 g/mol. The Morgan fingerprint density at radius 2 is 1.21 bits per heavy atom. The van der Waals surface area contributed by atoms with E-state index in [4.69, 9.17) is 0 Å². The van der Waals surface area contributed by atoms with Gasteiger partial charge in [0.25, 0.3) is 5.82 Å². The lowest BCUT2D eigenvalue weighted by molar-refractivity contribution is -0.557. The number of nitriles is 1. The zero-order chi connectivity index (χ0) is 30.2. The van der Waals surface area contributed by atoms with E-state index < -0.39 is 0 Å². The second-order valence-corrected chi connectivity index (χ2v) is 12.1. The Balaban J connectivity index is 1.67. The van der Waals surface area contributed by atoms with Crippen LogP contribution in [0.1, 0.15) is 61.8 Å². The molecule has 3 heteroatoms. The third-order valence-electron chi connectivity index (χ3n) is 8.60. The van der Waals surface area contributed by atoms with Gasteiger partial charge in [0.05, 0.1) is 12.6 Å². The van der Waals surface area contributed by atoms with E-state index in [1.807, 2.05) is 12.1 Å². The van der Waals surface area contributed by atoms with Crippen molar-refractivity contribution in [3.63, 3.8) is 0 Å². The maximum atomic E-state index is 10.3. The highest BCUT2D eigenvalue weighted by Crippen LogP contribution is 2.38. The smallest absolute Gasteiger partial charge is 0.225 e. The van der Waals surface area contributed by atoms with Gasteiger partial charge in [-0.25, -0.2) is 4.57 Å². The van der Waals surface area contributed by atoms with E-state index in [2.05, 4.69) is 154 Å². The van der Waals surface area contributed by atoms with Crippen molar-refractivity contribution in [2.75, 3.05) is 0 Å². The molecular formula is C40H38N3+.